The standard InChI is InChI=1S/C16H24BrN3/c1-13-3-4-16(15(17)11-13)20-9-5-14(12-20)19-8-2-6-18-7-10-19/h3-4,11,14,18H,2,5-10,12H2,1H3. The predicted octanol–water partition coefficient (Wildman–Crippen LogP) is 2.63. The van der Waals surface area contributed by atoms with Crippen LogP contribution < -0.4 is 10.2 Å². The van der Waals surface area contributed by atoms with E-state index in [0.29, 0.717) is 0 Å². The van der Waals surface area contributed by atoms with Gasteiger partial charge >= 0.3 is 0 Å². The molecule has 0 amide bonds. The number of anilines is 1. The van der Waals surface area contributed by atoms with Gasteiger partial charge in [-0.25, -0.2) is 0 Å². The van der Waals surface area contributed by atoms with Crippen LogP contribution in [0.3, 0.4) is 0 Å². The number of nitrogens with zero attached hydrogens (tertiary/aromatic N) is 2. The highest BCUT2D eigenvalue weighted by atomic mass is 79.9. The number of hydrogen-bond donors (Lipinski definition) is 1. The second-order valence-electron chi connectivity index (χ2n) is 5.98. The molecule has 3 rings (SSSR count). The quantitative estimate of drug-likeness (QED) is 0.894. The van der Waals surface area contributed by atoms with Crippen LogP contribution in [0.4, 0.5) is 5.69 Å². The lowest BCUT2D eigenvalue weighted by atomic mass is 10.2. The van der Waals surface area contributed by atoms with E-state index < -0.39 is 0 Å². The summed E-state index contributed by atoms with van der Waals surface area (Å²) in [5, 5.41) is 3.50. The number of aryl methyl sites for hydroxylation is 1. The maximum Gasteiger partial charge on any atom is 0.0511 e. The van der Waals surface area contributed by atoms with Crippen LogP contribution in [0.15, 0.2) is 22.7 Å². The van der Waals surface area contributed by atoms with E-state index >= 15 is 0 Å². The first kappa shape index (κ1) is 14.4. The Kier molecular flexibility index (Phi) is 4.64. The van der Waals surface area contributed by atoms with Gasteiger partial charge in [0.2, 0.25) is 0 Å². The first-order valence-electron chi connectivity index (χ1n) is 7.70. The fraction of sp³-hybridized carbons (Fsp3) is 0.625. The summed E-state index contributed by atoms with van der Waals surface area (Å²) >= 11 is 3.72. The first-order chi connectivity index (χ1) is 9.74. The lowest BCUT2D eigenvalue weighted by molar-refractivity contribution is 0.224. The zero-order valence-corrected chi connectivity index (χ0v) is 13.8. The van der Waals surface area contributed by atoms with Crippen molar-refractivity contribution in [3.63, 3.8) is 0 Å². The molecule has 0 bridgehead atoms. The van der Waals surface area contributed by atoms with Crippen molar-refractivity contribution >= 4 is 21.6 Å². The SMILES string of the molecule is Cc1ccc(N2CCC(N3CCCNCC3)C2)c(Br)c1. The summed E-state index contributed by atoms with van der Waals surface area (Å²) in [6.07, 6.45) is 2.57. The van der Waals surface area contributed by atoms with Crippen molar-refractivity contribution in [3.8, 4) is 0 Å². The van der Waals surface area contributed by atoms with Crippen molar-refractivity contribution in [2.24, 2.45) is 0 Å². The minimum atomic E-state index is 0.725. The molecule has 4 heteroatoms. The fourth-order valence-corrected chi connectivity index (χ4v) is 4.10. The molecule has 1 aromatic rings. The monoisotopic (exact) mass is 337 g/mol. The third kappa shape index (κ3) is 3.18. The minimum absolute atomic E-state index is 0.725. The molecule has 0 aliphatic carbocycles. The third-order valence-corrected chi connectivity index (χ3v) is 5.13. The Bertz CT molecular complexity index is 455. The van der Waals surface area contributed by atoms with Gasteiger partial charge in [-0.3, -0.25) is 4.90 Å². The molecule has 2 saturated heterocycles. The van der Waals surface area contributed by atoms with Crippen molar-refractivity contribution < 1.29 is 0 Å². The van der Waals surface area contributed by atoms with Crippen molar-refractivity contribution in [2.75, 3.05) is 44.2 Å². The van der Waals surface area contributed by atoms with E-state index in [1.54, 1.807) is 0 Å². The predicted molar refractivity (Wildman–Crippen MR) is 88.6 cm³/mol. The molecule has 2 aliphatic heterocycles. The van der Waals surface area contributed by atoms with Gasteiger partial charge in [0.25, 0.3) is 0 Å². The zero-order chi connectivity index (χ0) is 13.9. The number of hydrogen-bond acceptors (Lipinski definition) is 3. The summed E-state index contributed by atoms with van der Waals surface area (Å²) in [5.74, 6) is 0. The van der Waals surface area contributed by atoms with Crippen LogP contribution in [0, 0.1) is 6.92 Å². The van der Waals surface area contributed by atoms with Crippen molar-refractivity contribution in [1.82, 2.24) is 10.2 Å². The Morgan fingerprint density at radius 2 is 2.10 bits per heavy atom. The van der Waals surface area contributed by atoms with E-state index in [0.717, 1.165) is 12.6 Å². The Morgan fingerprint density at radius 3 is 2.95 bits per heavy atom. The van der Waals surface area contributed by atoms with Crippen LogP contribution in [0.1, 0.15) is 18.4 Å². The molecule has 110 valence electrons. The first-order valence-corrected chi connectivity index (χ1v) is 8.49. The zero-order valence-electron chi connectivity index (χ0n) is 12.2. The Morgan fingerprint density at radius 1 is 1.20 bits per heavy atom. The Labute approximate surface area is 130 Å². The molecule has 2 aliphatic rings. The van der Waals surface area contributed by atoms with Gasteiger partial charge in [-0.15, -0.1) is 0 Å². The molecule has 20 heavy (non-hydrogen) atoms. The smallest absolute Gasteiger partial charge is 0.0511 e. The minimum Gasteiger partial charge on any atom is -0.369 e. The van der Waals surface area contributed by atoms with Crippen LogP contribution in [-0.4, -0.2) is 50.2 Å². The summed E-state index contributed by atoms with van der Waals surface area (Å²) in [7, 11) is 0. The average molecular weight is 338 g/mol. The molecule has 1 aromatic carbocycles. The molecule has 1 N–H and O–H groups in total. The largest absolute Gasteiger partial charge is 0.369 e. The molecule has 1 atom stereocenters. The molecule has 0 spiro atoms. The van der Waals surface area contributed by atoms with Gasteiger partial charge < -0.3 is 10.2 Å². The number of halogens is 1. The summed E-state index contributed by atoms with van der Waals surface area (Å²) in [5.41, 5.74) is 2.67. The molecule has 0 aromatic heterocycles. The molecule has 1 unspecified atom stereocenters. The van der Waals surface area contributed by atoms with Gasteiger partial charge in [-0.2, -0.15) is 0 Å². The average Bonchev–Trinajstić information content (AvgIpc) is 2.74. The van der Waals surface area contributed by atoms with Gasteiger partial charge in [0, 0.05) is 36.7 Å². The normalized spacial score (nSPS) is 24.9. The molecular weight excluding hydrogens is 314 g/mol. The van der Waals surface area contributed by atoms with E-state index in [2.05, 4.69) is 56.2 Å². The Balaban J connectivity index is 1.66. The highest BCUT2D eigenvalue weighted by molar-refractivity contribution is 9.10. The van der Waals surface area contributed by atoms with Crippen LogP contribution in [0.25, 0.3) is 0 Å². The van der Waals surface area contributed by atoms with Gasteiger partial charge in [-0.05, 0) is 66.5 Å². The maximum atomic E-state index is 3.72. The van der Waals surface area contributed by atoms with Crippen LogP contribution >= 0.6 is 15.9 Å². The van der Waals surface area contributed by atoms with Gasteiger partial charge in [0.15, 0.2) is 0 Å². The van der Waals surface area contributed by atoms with Gasteiger partial charge in [-0.1, -0.05) is 6.07 Å². The topological polar surface area (TPSA) is 18.5 Å². The fourth-order valence-electron chi connectivity index (χ4n) is 3.36. The van der Waals surface area contributed by atoms with Crippen molar-refractivity contribution in [3.05, 3.63) is 28.2 Å². The van der Waals surface area contributed by atoms with E-state index in [4.69, 9.17) is 0 Å². The molecule has 2 fully saturated rings. The summed E-state index contributed by atoms with van der Waals surface area (Å²) in [6.45, 7) is 9.26. The number of nitrogens with one attached hydrogen (secondary N) is 1. The van der Waals surface area contributed by atoms with E-state index in [1.165, 1.54) is 61.3 Å². The van der Waals surface area contributed by atoms with Gasteiger partial charge in [0.05, 0.1) is 5.69 Å². The van der Waals surface area contributed by atoms with Gasteiger partial charge in [0.1, 0.15) is 0 Å². The second kappa shape index (κ2) is 6.46. The van der Waals surface area contributed by atoms with E-state index in [-0.39, 0.29) is 0 Å². The lowest BCUT2D eigenvalue weighted by Crippen LogP contribution is -2.39. The summed E-state index contributed by atoms with van der Waals surface area (Å²) in [6, 6.07) is 7.41. The number of rotatable bonds is 2. The second-order valence-corrected chi connectivity index (χ2v) is 6.84. The Hall–Kier alpha value is -0.580. The molecule has 3 nitrogen and oxygen atoms in total. The summed E-state index contributed by atoms with van der Waals surface area (Å²) in [4.78, 5) is 5.22. The molecule has 0 saturated carbocycles. The van der Waals surface area contributed by atoms with E-state index in [9.17, 15) is 0 Å². The number of benzene rings is 1. The van der Waals surface area contributed by atoms with Crippen LogP contribution in [0.2, 0.25) is 0 Å². The molecule has 2 heterocycles. The van der Waals surface area contributed by atoms with E-state index in [1.807, 2.05) is 0 Å². The van der Waals surface area contributed by atoms with Crippen LogP contribution in [0.5, 0.6) is 0 Å². The molecule has 0 radical (unpaired) electrons. The maximum absolute atomic E-state index is 3.72. The van der Waals surface area contributed by atoms with Crippen molar-refractivity contribution in [2.45, 2.75) is 25.8 Å². The highest BCUT2D eigenvalue weighted by Gasteiger charge is 2.28. The lowest BCUT2D eigenvalue weighted by Gasteiger charge is -2.28. The third-order valence-electron chi connectivity index (χ3n) is 4.50. The molecular formula is C16H24BrN3. The highest BCUT2D eigenvalue weighted by Crippen LogP contribution is 2.31. The summed E-state index contributed by atoms with van der Waals surface area (Å²) < 4.78 is 1.23. The van der Waals surface area contributed by atoms with Crippen molar-refractivity contribution in [1.29, 1.82) is 0 Å². The van der Waals surface area contributed by atoms with Crippen LogP contribution in [-0.2, 0) is 0 Å².